The van der Waals surface area contributed by atoms with Gasteiger partial charge in [0.25, 0.3) is 5.91 Å². The molecule has 0 N–H and O–H groups in total. The van der Waals surface area contributed by atoms with E-state index in [1.54, 1.807) is 24.4 Å². The maximum atomic E-state index is 14.0. The number of carbonyl (C=O) groups excluding carboxylic acids is 1. The van der Waals surface area contributed by atoms with Gasteiger partial charge < -0.3 is 14.4 Å². The first kappa shape index (κ1) is 20.7. The van der Waals surface area contributed by atoms with E-state index >= 15 is 0 Å². The number of ether oxygens (including phenoxy) is 2. The minimum atomic E-state index is -0.444. The largest absolute Gasteiger partial charge is 0.485 e. The molecular formula is C25H26FN3O3. The molecule has 1 aromatic heterocycles. The van der Waals surface area contributed by atoms with E-state index in [1.807, 2.05) is 46.1 Å². The number of carbonyl (C=O) groups is 1. The molecule has 2 aliphatic rings. The lowest BCUT2D eigenvalue weighted by molar-refractivity contribution is -0.0453. The molecule has 0 radical (unpaired) electrons. The number of para-hydroxylation sites is 1. The van der Waals surface area contributed by atoms with Crippen LogP contribution in [-0.2, 0) is 11.3 Å². The quantitative estimate of drug-likeness (QED) is 0.610. The van der Waals surface area contributed by atoms with E-state index in [-0.39, 0.29) is 23.6 Å². The van der Waals surface area contributed by atoms with Crippen molar-refractivity contribution in [3.8, 4) is 5.75 Å². The first-order chi connectivity index (χ1) is 15.6. The van der Waals surface area contributed by atoms with E-state index in [1.165, 1.54) is 6.07 Å². The summed E-state index contributed by atoms with van der Waals surface area (Å²) in [4.78, 5) is 15.4. The molecule has 0 aliphatic carbocycles. The second-order valence-corrected chi connectivity index (χ2v) is 8.56. The normalized spacial score (nSPS) is 22.9. The Morgan fingerprint density at radius 3 is 2.88 bits per heavy atom. The number of hydrogen-bond acceptors (Lipinski definition) is 4. The third-order valence-corrected chi connectivity index (χ3v) is 6.27. The van der Waals surface area contributed by atoms with Crippen LogP contribution in [-0.4, -0.2) is 52.0 Å². The van der Waals surface area contributed by atoms with E-state index < -0.39 is 5.60 Å². The molecule has 32 heavy (non-hydrogen) atoms. The number of amides is 1. The zero-order valence-corrected chi connectivity index (χ0v) is 17.8. The number of nitrogens with zero attached hydrogens (tertiary/aromatic N) is 3. The highest BCUT2D eigenvalue weighted by atomic mass is 19.1. The molecule has 0 bridgehead atoms. The first-order valence-electron chi connectivity index (χ1n) is 11.0. The molecule has 0 unspecified atom stereocenters. The van der Waals surface area contributed by atoms with Crippen molar-refractivity contribution in [1.82, 2.24) is 14.7 Å². The lowest BCUT2D eigenvalue weighted by Gasteiger charge is -2.39. The van der Waals surface area contributed by atoms with Gasteiger partial charge in [-0.25, -0.2) is 4.39 Å². The SMILES string of the molecule is O=C(c1ccccc1Cn1cccn1)N1CCC[C@]2(C[C@@H](Oc3ccccc3F)CO2)C1. The molecule has 2 saturated heterocycles. The molecule has 7 heteroatoms. The van der Waals surface area contributed by atoms with E-state index in [2.05, 4.69) is 5.10 Å². The van der Waals surface area contributed by atoms with Gasteiger partial charge in [0.05, 0.1) is 25.3 Å². The van der Waals surface area contributed by atoms with Gasteiger partial charge >= 0.3 is 0 Å². The molecule has 166 valence electrons. The van der Waals surface area contributed by atoms with Crippen LogP contribution in [0.15, 0.2) is 67.0 Å². The summed E-state index contributed by atoms with van der Waals surface area (Å²) >= 11 is 0. The van der Waals surface area contributed by atoms with Crippen LogP contribution in [0.5, 0.6) is 5.75 Å². The number of rotatable bonds is 5. The summed E-state index contributed by atoms with van der Waals surface area (Å²) in [6.07, 6.45) is 5.76. The third kappa shape index (κ3) is 4.25. The molecule has 2 fully saturated rings. The van der Waals surface area contributed by atoms with Crippen molar-refractivity contribution in [3.63, 3.8) is 0 Å². The molecule has 0 saturated carbocycles. The second kappa shape index (κ2) is 8.74. The fourth-order valence-corrected chi connectivity index (χ4v) is 4.76. The highest BCUT2D eigenvalue weighted by molar-refractivity contribution is 5.95. The molecule has 3 heterocycles. The lowest BCUT2D eigenvalue weighted by atomic mass is 9.88. The predicted octanol–water partition coefficient (Wildman–Crippen LogP) is 3.91. The van der Waals surface area contributed by atoms with E-state index in [0.29, 0.717) is 38.2 Å². The molecular weight excluding hydrogens is 409 g/mol. The summed E-state index contributed by atoms with van der Waals surface area (Å²) < 4.78 is 27.9. The summed E-state index contributed by atoms with van der Waals surface area (Å²) in [6, 6.07) is 16.0. The number of halogens is 1. The second-order valence-electron chi connectivity index (χ2n) is 8.56. The summed E-state index contributed by atoms with van der Waals surface area (Å²) in [6.45, 7) is 2.15. The molecule has 2 aliphatic heterocycles. The van der Waals surface area contributed by atoms with Crippen molar-refractivity contribution in [3.05, 3.63) is 83.9 Å². The van der Waals surface area contributed by atoms with Gasteiger partial charge in [0, 0.05) is 30.9 Å². The van der Waals surface area contributed by atoms with Gasteiger partial charge in [-0.3, -0.25) is 9.48 Å². The summed E-state index contributed by atoms with van der Waals surface area (Å²) in [5, 5.41) is 4.26. The van der Waals surface area contributed by atoms with Gasteiger partial charge in [-0.2, -0.15) is 5.10 Å². The zero-order chi connectivity index (χ0) is 22.0. The Morgan fingerprint density at radius 2 is 2.03 bits per heavy atom. The van der Waals surface area contributed by atoms with Crippen molar-refractivity contribution >= 4 is 5.91 Å². The molecule has 1 spiro atoms. The number of benzene rings is 2. The van der Waals surface area contributed by atoms with Crippen molar-refractivity contribution in [2.45, 2.75) is 37.5 Å². The van der Waals surface area contributed by atoms with Gasteiger partial charge in [-0.15, -0.1) is 0 Å². The predicted molar refractivity (Wildman–Crippen MR) is 117 cm³/mol. The number of hydrogen-bond donors (Lipinski definition) is 0. The van der Waals surface area contributed by atoms with Crippen LogP contribution in [0.2, 0.25) is 0 Å². The van der Waals surface area contributed by atoms with Crippen LogP contribution in [0.4, 0.5) is 4.39 Å². The fourth-order valence-electron chi connectivity index (χ4n) is 4.76. The summed E-state index contributed by atoms with van der Waals surface area (Å²) in [7, 11) is 0. The van der Waals surface area contributed by atoms with Gasteiger partial charge in [-0.1, -0.05) is 30.3 Å². The maximum absolute atomic E-state index is 14.0. The maximum Gasteiger partial charge on any atom is 0.254 e. The van der Waals surface area contributed by atoms with Gasteiger partial charge in [-0.05, 0) is 42.7 Å². The molecule has 3 aromatic rings. The smallest absolute Gasteiger partial charge is 0.254 e. The zero-order valence-electron chi connectivity index (χ0n) is 17.8. The molecule has 2 atom stereocenters. The van der Waals surface area contributed by atoms with Crippen LogP contribution in [0.3, 0.4) is 0 Å². The summed E-state index contributed by atoms with van der Waals surface area (Å²) in [5.41, 5.74) is 1.19. The Hall–Kier alpha value is -3.19. The standard InChI is InChI=1S/C25H26FN3O3/c26-22-9-3-4-10-23(22)32-20-15-25(31-17-20)11-5-13-28(18-25)24(30)21-8-2-1-7-19(21)16-29-14-6-12-27-29/h1-4,6-10,12,14,20H,5,11,13,15-18H2/t20-,25+/m1/s1. The van der Waals surface area contributed by atoms with Gasteiger partial charge in [0.1, 0.15) is 6.10 Å². The number of piperidine rings is 1. The first-order valence-corrected chi connectivity index (χ1v) is 11.0. The van der Waals surface area contributed by atoms with Crippen LogP contribution in [0.25, 0.3) is 0 Å². The van der Waals surface area contributed by atoms with Crippen molar-refractivity contribution < 1.29 is 18.7 Å². The van der Waals surface area contributed by atoms with E-state index in [9.17, 15) is 9.18 Å². The van der Waals surface area contributed by atoms with Gasteiger partial charge in [0.2, 0.25) is 0 Å². The van der Waals surface area contributed by atoms with Crippen molar-refractivity contribution in [2.75, 3.05) is 19.7 Å². The minimum absolute atomic E-state index is 0.00824. The highest BCUT2D eigenvalue weighted by Gasteiger charge is 2.45. The Kier molecular flexibility index (Phi) is 5.66. The van der Waals surface area contributed by atoms with Gasteiger partial charge in [0.15, 0.2) is 11.6 Å². The van der Waals surface area contributed by atoms with E-state index in [4.69, 9.17) is 9.47 Å². The lowest BCUT2D eigenvalue weighted by Crippen LogP contribution is -2.50. The van der Waals surface area contributed by atoms with Crippen LogP contribution in [0.1, 0.15) is 35.2 Å². The average molecular weight is 435 g/mol. The number of aromatic nitrogens is 2. The Morgan fingerprint density at radius 1 is 1.19 bits per heavy atom. The minimum Gasteiger partial charge on any atom is -0.485 e. The molecule has 5 rings (SSSR count). The Balaban J connectivity index is 1.28. The Bertz CT molecular complexity index is 1090. The Labute approximate surface area is 186 Å². The van der Waals surface area contributed by atoms with Crippen LogP contribution >= 0.6 is 0 Å². The highest BCUT2D eigenvalue weighted by Crippen LogP contribution is 2.37. The molecule has 2 aromatic carbocycles. The monoisotopic (exact) mass is 435 g/mol. The third-order valence-electron chi connectivity index (χ3n) is 6.27. The molecule has 1 amide bonds. The molecule has 6 nitrogen and oxygen atoms in total. The fraction of sp³-hybridized carbons (Fsp3) is 0.360. The topological polar surface area (TPSA) is 56.6 Å². The number of likely N-dealkylation sites (tertiary alicyclic amines) is 1. The van der Waals surface area contributed by atoms with Crippen molar-refractivity contribution in [2.24, 2.45) is 0 Å². The van der Waals surface area contributed by atoms with Crippen molar-refractivity contribution in [1.29, 1.82) is 0 Å². The van der Waals surface area contributed by atoms with Crippen LogP contribution < -0.4 is 4.74 Å². The average Bonchev–Trinajstić information content (AvgIpc) is 3.46. The van der Waals surface area contributed by atoms with E-state index in [0.717, 1.165) is 18.4 Å². The summed E-state index contributed by atoms with van der Waals surface area (Å²) in [5.74, 6) is -0.119. The van der Waals surface area contributed by atoms with Crippen LogP contribution in [0, 0.1) is 5.82 Å².